The highest BCUT2D eigenvalue weighted by Crippen LogP contribution is 2.63. The average molecular weight is 697 g/mol. The van der Waals surface area contributed by atoms with Gasteiger partial charge in [-0.25, -0.2) is 0 Å². The molecule has 11 rings (SSSR count). The van der Waals surface area contributed by atoms with Gasteiger partial charge >= 0.3 is 0 Å². The molecule has 0 nitrogen and oxygen atoms in total. The fourth-order valence-corrected chi connectivity index (χ4v) is 9.37. The van der Waals surface area contributed by atoms with Gasteiger partial charge in [-0.2, -0.15) is 0 Å². The standard InChI is InChI=1S/C55H36/c1-3-13-37(14-4-1)39-23-27-41(28-24-39)44-33-45(42-29-25-40(26-30-42)38-15-5-2-6-16-38)35-46(34-44)43-31-32-50-49-19-9-12-22-53(49)55(54(50)36-43)51-20-10-7-17-47(51)48-18-8-11-21-52(48)55/h1-36H. The van der Waals surface area contributed by atoms with E-state index in [0.717, 1.165) is 0 Å². The second kappa shape index (κ2) is 12.5. The number of benzene rings is 9. The molecule has 0 fully saturated rings. The van der Waals surface area contributed by atoms with Gasteiger partial charge in [0.1, 0.15) is 0 Å². The molecule has 2 aliphatic rings. The van der Waals surface area contributed by atoms with Crippen molar-refractivity contribution in [3.8, 4) is 77.9 Å². The highest BCUT2D eigenvalue weighted by Gasteiger charge is 2.51. The maximum absolute atomic E-state index is 2.49. The Hall–Kier alpha value is -7.02. The van der Waals surface area contributed by atoms with Crippen molar-refractivity contribution in [2.75, 3.05) is 0 Å². The van der Waals surface area contributed by atoms with E-state index in [1.807, 2.05) is 0 Å². The molecule has 9 aromatic rings. The Labute approximate surface area is 322 Å². The van der Waals surface area contributed by atoms with Crippen molar-refractivity contribution in [2.24, 2.45) is 0 Å². The normalized spacial score (nSPS) is 12.9. The molecule has 55 heavy (non-hydrogen) atoms. The van der Waals surface area contributed by atoms with E-state index in [1.165, 1.54) is 100 Å². The molecule has 0 aromatic heterocycles. The molecule has 1 spiro atoms. The van der Waals surface area contributed by atoms with Crippen molar-refractivity contribution in [2.45, 2.75) is 5.41 Å². The first kappa shape index (κ1) is 31.5. The van der Waals surface area contributed by atoms with E-state index in [1.54, 1.807) is 0 Å². The molecular formula is C55H36. The quantitative estimate of drug-likeness (QED) is 0.168. The summed E-state index contributed by atoms with van der Waals surface area (Å²) in [4.78, 5) is 0. The largest absolute Gasteiger partial charge is 0.0725 e. The van der Waals surface area contributed by atoms with Crippen LogP contribution in [0.2, 0.25) is 0 Å². The van der Waals surface area contributed by atoms with Crippen LogP contribution in [0.4, 0.5) is 0 Å². The Morgan fingerprint density at radius 1 is 0.182 bits per heavy atom. The van der Waals surface area contributed by atoms with E-state index in [2.05, 4.69) is 218 Å². The number of fused-ring (bicyclic) bond motifs is 10. The summed E-state index contributed by atoms with van der Waals surface area (Å²) in [5.41, 5.74) is 22.5. The second-order valence-electron chi connectivity index (χ2n) is 14.8. The molecular weight excluding hydrogens is 661 g/mol. The Bertz CT molecular complexity index is 2710. The summed E-state index contributed by atoms with van der Waals surface area (Å²) in [5.74, 6) is 0. The molecule has 0 unspecified atom stereocenters. The van der Waals surface area contributed by atoms with Gasteiger partial charge in [0.15, 0.2) is 0 Å². The molecule has 0 saturated carbocycles. The molecule has 0 atom stereocenters. The van der Waals surface area contributed by atoms with Gasteiger partial charge in [-0.3, -0.25) is 0 Å². The van der Waals surface area contributed by atoms with Crippen molar-refractivity contribution in [1.82, 2.24) is 0 Å². The zero-order valence-corrected chi connectivity index (χ0v) is 30.3. The Balaban J connectivity index is 1.10. The minimum atomic E-state index is -0.379. The van der Waals surface area contributed by atoms with Gasteiger partial charge in [-0.1, -0.05) is 194 Å². The minimum absolute atomic E-state index is 0.379. The summed E-state index contributed by atoms with van der Waals surface area (Å²) in [7, 11) is 0. The SMILES string of the molecule is c1ccc(-c2ccc(-c3cc(-c4ccc(-c5ccccc5)cc4)cc(-c4ccc5c(c4)C4(c6ccccc6-c6ccccc64)c4ccccc4-5)c3)cc2)cc1. The third-order valence-electron chi connectivity index (χ3n) is 11.9. The Morgan fingerprint density at radius 2 is 0.473 bits per heavy atom. The molecule has 0 N–H and O–H groups in total. The van der Waals surface area contributed by atoms with Gasteiger partial charge < -0.3 is 0 Å². The van der Waals surface area contributed by atoms with Crippen LogP contribution >= 0.6 is 0 Å². The predicted octanol–water partition coefficient (Wildman–Crippen LogP) is 14.4. The smallest absolute Gasteiger partial charge is 0.0622 e. The lowest BCUT2D eigenvalue weighted by atomic mass is 9.70. The summed E-state index contributed by atoms with van der Waals surface area (Å²) in [6, 6.07) is 80.8. The van der Waals surface area contributed by atoms with E-state index < -0.39 is 0 Å². The molecule has 2 aliphatic carbocycles. The molecule has 0 bridgehead atoms. The molecule has 9 aromatic carbocycles. The summed E-state index contributed by atoms with van der Waals surface area (Å²) in [6.45, 7) is 0. The van der Waals surface area contributed by atoms with Crippen LogP contribution in [-0.2, 0) is 5.41 Å². The van der Waals surface area contributed by atoms with Crippen molar-refractivity contribution in [1.29, 1.82) is 0 Å². The molecule has 0 heteroatoms. The van der Waals surface area contributed by atoms with Gasteiger partial charge in [-0.05, 0) is 124 Å². The maximum atomic E-state index is 2.49. The molecule has 0 heterocycles. The van der Waals surface area contributed by atoms with Crippen LogP contribution in [0.1, 0.15) is 22.3 Å². The fourth-order valence-electron chi connectivity index (χ4n) is 9.37. The average Bonchev–Trinajstić information content (AvgIpc) is 3.74. The number of hydrogen-bond acceptors (Lipinski definition) is 0. The lowest BCUT2D eigenvalue weighted by molar-refractivity contribution is 0.794. The van der Waals surface area contributed by atoms with Crippen molar-refractivity contribution in [3.05, 3.63) is 241 Å². The van der Waals surface area contributed by atoms with Crippen LogP contribution in [0, 0.1) is 0 Å². The van der Waals surface area contributed by atoms with E-state index in [9.17, 15) is 0 Å². The lowest BCUT2D eigenvalue weighted by Crippen LogP contribution is -2.25. The molecule has 0 amide bonds. The van der Waals surface area contributed by atoms with E-state index in [-0.39, 0.29) is 5.41 Å². The summed E-state index contributed by atoms with van der Waals surface area (Å²) >= 11 is 0. The highest BCUT2D eigenvalue weighted by molar-refractivity contribution is 5.96. The van der Waals surface area contributed by atoms with Crippen LogP contribution in [0.15, 0.2) is 218 Å². The van der Waals surface area contributed by atoms with Gasteiger partial charge in [0.2, 0.25) is 0 Å². The number of rotatable bonds is 5. The van der Waals surface area contributed by atoms with Crippen LogP contribution < -0.4 is 0 Å². The van der Waals surface area contributed by atoms with Crippen molar-refractivity contribution >= 4 is 0 Å². The van der Waals surface area contributed by atoms with Gasteiger partial charge in [-0.15, -0.1) is 0 Å². The first-order chi connectivity index (χ1) is 27.3. The van der Waals surface area contributed by atoms with Gasteiger partial charge in [0, 0.05) is 0 Å². The summed E-state index contributed by atoms with van der Waals surface area (Å²) < 4.78 is 0. The Morgan fingerprint density at radius 3 is 0.891 bits per heavy atom. The van der Waals surface area contributed by atoms with Crippen molar-refractivity contribution < 1.29 is 0 Å². The summed E-state index contributed by atoms with van der Waals surface area (Å²) in [6.07, 6.45) is 0. The monoisotopic (exact) mass is 696 g/mol. The van der Waals surface area contributed by atoms with Crippen molar-refractivity contribution in [3.63, 3.8) is 0 Å². The minimum Gasteiger partial charge on any atom is -0.0622 e. The predicted molar refractivity (Wildman–Crippen MR) is 230 cm³/mol. The number of hydrogen-bond donors (Lipinski definition) is 0. The van der Waals surface area contributed by atoms with Gasteiger partial charge in [0.25, 0.3) is 0 Å². The molecule has 0 aliphatic heterocycles. The fraction of sp³-hybridized carbons (Fsp3) is 0.0182. The second-order valence-corrected chi connectivity index (χ2v) is 14.8. The zero-order valence-electron chi connectivity index (χ0n) is 30.3. The van der Waals surface area contributed by atoms with Crippen LogP contribution in [0.5, 0.6) is 0 Å². The highest BCUT2D eigenvalue weighted by atomic mass is 14.5. The Kier molecular flexibility index (Phi) is 7.19. The molecule has 256 valence electrons. The third kappa shape index (κ3) is 4.92. The van der Waals surface area contributed by atoms with Gasteiger partial charge in [0.05, 0.1) is 5.41 Å². The lowest BCUT2D eigenvalue weighted by Gasteiger charge is -2.30. The van der Waals surface area contributed by atoms with E-state index in [0.29, 0.717) is 0 Å². The third-order valence-corrected chi connectivity index (χ3v) is 11.9. The zero-order chi connectivity index (χ0) is 36.3. The molecule has 0 saturated heterocycles. The summed E-state index contributed by atoms with van der Waals surface area (Å²) in [5, 5.41) is 0. The van der Waals surface area contributed by atoms with Crippen LogP contribution in [-0.4, -0.2) is 0 Å². The van der Waals surface area contributed by atoms with Crippen LogP contribution in [0.25, 0.3) is 77.9 Å². The molecule has 0 radical (unpaired) electrons. The van der Waals surface area contributed by atoms with E-state index >= 15 is 0 Å². The first-order valence-corrected chi connectivity index (χ1v) is 19.2. The maximum Gasteiger partial charge on any atom is 0.0725 e. The first-order valence-electron chi connectivity index (χ1n) is 19.2. The van der Waals surface area contributed by atoms with Crippen LogP contribution in [0.3, 0.4) is 0 Å². The topological polar surface area (TPSA) is 0 Å². The van der Waals surface area contributed by atoms with E-state index in [4.69, 9.17) is 0 Å².